The lowest BCUT2D eigenvalue weighted by Gasteiger charge is -2.24. The van der Waals surface area contributed by atoms with Crippen molar-refractivity contribution in [3.05, 3.63) is 69.4 Å². The molecule has 2 rings (SSSR count). The first kappa shape index (κ1) is 17.5. The third-order valence-corrected chi connectivity index (χ3v) is 3.77. The van der Waals surface area contributed by atoms with Crippen LogP contribution < -0.4 is 5.32 Å². The number of rotatable bonds is 4. The number of carbonyl (C=O) groups excluding carboxylic acids is 1. The van der Waals surface area contributed by atoms with Gasteiger partial charge in [0.2, 0.25) is 0 Å². The first-order chi connectivity index (χ1) is 10.7. The largest absolute Gasteiger partial charge is 0.383 e. The van der Waals surface area contributed by atoms with Crippen LogP contribution in [-0.2, 0) is 5.60 Å². The van der Waals surface area contributed by atoms with E-state index in [0.717, 1.165) is 18.2 Å². The molecule has 0 heterocycles. The van der Waals surface area contributed by atoms with Crippen LogP contribution in [0, 0.1) is 17.5 Å². The molecule has 2 N–H and O–H groups in total. The molecule has 1 atom stereocenters. The van der Waals surface area contributed by atoms with Gasteiger partial charge in [0.25, 0.3) is 5.91 Å². The second-order valence-corrected chi connectivity index (χ2v) is 6.12. The zero-order chi connectivity index (χ0) is 17.2. The Morgan fingerprint density at radius 3 is 2.52 bits per heavy atom. The molecule has 3 nitrogen and oxygen atoms in total. The lowest BCUT2D eigenvalue weighted by Crippen LogP contribution is -2.39. The quantitative estimate of drug-likeness (QED) is 0.843. The van der Waals surface area contributed by atoms with Gasteiger partial charge in [-0.3, -0.25) is 4.79 Å². The Kier molecular flexibility index (Phi) is 5.11. The molecule has 23 heavy (non-hydrogen) atoms. The molecule has 0 aliphatic heterocycles. The summed E-state index contributed by atoms with van der Waals surface area (Å²) >= 11 is 3.13. The molecule has 2 aromatic carbocycles. The summed E-state index contributed by atoms with van der Waals surface area (Å²) in [5.41, 5.74) is -2.17. The van der Waals surface area contributed by atoms with Crippen LogP contribution in [0.25, 0.3) is 0 Å². The summed E-state index contributed by atoms with van der Waals surface area (Å²) in [7, 11) is 0. The molecule has 7 heteroatoms. The van der Waals surface area contributed by atoms with Gasteiger partial charge in [0, 0.05) is 16.1 Å². The summed E-state index contributed by atoms with van der Waals surface area (Å²) in [6, 6.07) is 6.59. The molecule has 0 aliphatic carbocycles. The fourth-order valence-electron chi connectivity index (χ4n) is 2.04. The van der Waals surface area contributed by atoms with E-state index in [0.29, 0.717) is 10.5 Å². The maximum atomic E-state index is 13.7. The molecule has 0 radical (unpaired) electrons. The Balaban J connectivity index is 2.15. The predicted octanol–water partition coefficient (Wildman–Crippen LogP) is 3.50. The van der Waals surface area contributed by atoms with E-state index in [4.69, 9.17) is 0 Å². The summed E-state index contributed by atoms with van der Waals surface area (Å²) in [6.07, 6.45) is 0. The molecule has 1 amide bonds. The van der Waals surface area contributed by atoms with Gasteiger partial charge in [-0.15, -0.1) is 0 Å². The summed E-state index contributed by atoms with van der Waals surface area (Å²) < 4.78 is 40.8. The molecule has 0 fully saturated rings. The highest BCUT2D eigenvalue weighted by Gasteiger charge is 2.28. The molecule has 122 valence electrons. The lowest BCUT2D eigenvalue weighted by molar-refractivity contribution is 0.0493. The van der Waals surface area contributed by atoms with Crippen molar-refractivity contribution in [1.29, 1.82) is 0 Å². The number of amides is 1. The number of carbonyl (C=O) groups is 1. The number of nitrogens with one attached hydrogen (secondary N) is 1. The van der Waals surface area contributed by atoms with Gasteiger partial charge in [0.15, 0.2) is 0 Å². The van der Waals surface area contributed by atoms with Crippen LogP contribution in [0.4, 0.5) is 13.2 Å². The maximum absolute atomic E-state index is 13.7. The maximum Gasteiger partial charge on any atom is 0.254 e. The van der Waals surface area contributed by atoms with Gasteiger partial charge in [-0.25, -0.2) is 13.2 Å². The van der Waals surface area contributed by atoms with Crippen LogP contribution in [0.2, 0.25) is 0 Å². The van der Waals surface area contributed by atoms with Crippen LogP contribution in [0.15, 0.2) is 40.9 Å². The summed E-state index contributed by atoms with van der Waals surface area (Å²) in [5, 5.41) is 12.6. The van der Waals surface area contributed by atoms with Crippen LogP contribution in [0.5, 0.6) is 0 Å². The number of hydrogen-bond donors (Lipinski definition) is 2. The Hall–Kier alpha value is -1.86. The third-order valence-electron chi connectivity index (χ3n) is 3.28. The number of hydrogen-bond acceptors (Lipinski definition) is 2. The molecule has 0 bridgehead atoms. The van der Waals surface area contributed by atoms with E-state index in [-0.39, 0.29) is 17.7 Å². The standard InChI is InChI=1S/C16H13BrF3NO2/c1-16(23,12-4-3-10(18)7-14(12)20)8-21-15(22)11-6-9(17)2-5-13(11)19/h2-7,23H,8H2,1H3,(H,21,22). The second kappa shape index (κ2) is 6.72. The van der Waals surface area contributed by atoms with E-state index in [2.05, 4.69) is 21.2 Å². The summed E-state index contributed by atoms with van der Waals surface area (Å²) in [6.45, 7) is 0.890. The van der Waals surface area contributed by atoms with E-state index < -0.39 is 29.0 Å². The van der Waals surface area contributed by atoms with Gasteiger partial charge in [0.05, 0.1) is 12.1 Å². The van der Waals surface area contributed by atoms with Crippen molar-refractivity contribution in [2.75, 3.05) is 6.54 Å². The fourth-order valence-corrected chi connectivity index (χ4v) is 2.40. The highest BCUT2D eigenvalue weighted by atomic mass is 79.9. The highest BCUT2D eigenvalue weighted by Crippen LogP contribution is 2.24. The van der Waals surface area contributed by atoms with Crippen molar-refractivity contribution in [3.8, 4) is 0 Å². The fraction of sp³-hybridized carbons (Fsp3) is 0.188. The molecule has 0 spiro atoms. The van der Waals surface area contributed by atoms with Crippen molar-refractivity contribution in [1.82, 2.24) is 5.32 Å². The minimum absolute atomic E-state index is 0.172. The van der Waals surface area contributed by atoms with Crippen molar-refractivity contribution < 1.29 is 23.1 Å². The van der Waals surface area contributed by atoms with E-state index >= 15 is 0 Å². The Morgan fingerprint density at radius 2 is 1.87 bits per heavy atom. The minimum Gasteiger partial charge on any atom is -0.383 e. The van der Waals surface area contributed by atoms with Crippen LogP contribution in [-0.4, -0.2) is 17.6 Å². The predicted molar refractivity (Wildman–Crippen MR) is 82.4 cm³/mol. The average Bonchev–Trinajstić information content (AvgIpc) is 2.47. The Labute approximate surface area is 139 Å². The lowest BCUT2D eigenvalue weighted by atomic mass is 9.95. The van der Waals surface area contributed by atoms with E-state index in [9.17, 15) is 23.1 Å². The highest BCUT2D eigenvalue weighted by molar-refractivity contribution is 9.10. The van der Waals surface area contributed by atoms with Gasteiger partial charge >= 0.3 is 0 Å². The number of aliphatic hydroxyl groups is 1. The zero-order valence-electron chi connectivity index (χ0n) is 12.0. The molecular formula is C16H13BrF3NO2. The third kappa shape index (κ3) is 4.11. The first-order valence-electron chi connectivity index (χ1n) is 6.62. The minimum atomic E-state index is -1.78. The molecular weight excluding hydrogens is 375 g/mol. The monoisotopic (exact) mass is 387 g/mol. The summed E-state index contributed by atoms with van der Waals surface area (Å²) in [4.78, 5) is 12.0. The van der Waals surface area contributed by atoms with Crippen molar-refractivity contribution in [2.45, 2.75) is 12.5 Å². The Morgan fingerprint density at radius 1 is 1.17 bits per heavy atom. The van der Waals surface area contributed by atoms with E-state index in [1.54, 1.807) is 0 Å². The molecule has 0 aromatic heterocycles. The van der Waals surface area contributed by atoms with Crippen molar-refractivity contribution in [2.24, 2.45) is 0 Å². The van der Waals surface area contributed by atoms with Crippen LogP contribution in [0.1, 0.15) is 22.8 Å². The second-order valence-electron chi connectivity index (χ2n) is 5.20. The smallest absolute Gasteiger partial charge is 0.254 e. The van der Waals surface area contributed by atoms with Crippen molar-refractivity contribution >= 4 is 21.8 Å². The zero-order valence-corrected chi connectivity index (χ0v) is 13.6. The van der Waals surface area contributed by atoms with E-state index in [1.807, 2.05) is 0 Å². The van der Waals surface area contributed by atoms with E-state index in [1.165, 1.54) is 19.1 Å². The van der Waals surface area contributed by atoms with Gasteiger partial charge in [0.1, 0.15) is 23.1 Å². The summed E-state index contributed by atoms with van der Waals surface area (Å²) in [5.74, 6) is -3.19. The molecule has 0 saturated heterocycles. The topological polar surface area (TPSA) is 49.3 Å². The Bertz CT molecular complexity index is 750. The SMILES string of the molecule is CC(O)(CNC(=O)c1cc(Br)ccc1F)c1ccc(F)cc1F. The molecule has 1 unspecified atom stereocenters. The average molecular weight is 388 g/mol. The first-order valence-corrected chi connectivity index (χ1v) is 7.41. The molecule has 2 aromatic rings. The van der Waals surface area contributed by atoms with Gasteiger partial charge < -0.3 is 10.4 Å². The van der Waals surface area contributed by atoms with Gasteiger partial charge in [-0.2, -0.15) is 0 Å². The normalized spacial score (nSPS) is 13.5. The van der Waals surface area contributed by atoms with Crippen LogP contribution >= 0.6 is 15.9 Å². The van der Waals surface area contributed by atoms with Gasteiger partial charge in [-0.05, 0) is 31.2 Å². The number of halogens is 4. The van der Waals surface area contributed by atoms with Crippen molar-refractivity contribution in [3.63, 3.8) is 0 Å². The van der Waals surface area contributed by atoms with Crippen LogP contribution in [0.3, 0.4) is 0 Å². The number of benzene rings is 2. The molecule has 0 aliphatic rings. The van der Waals surface area contributed by atoms with Gasteiger partial charge in [-0.1, -0.05) is 22.0 Å². The molecule has 0 saturated carbocycles.